The number of rotatable bonds is 3. The van der Waals surface area contributed by atoms with E-state index < -0.39 is 0 Å². The smallest absolute Gasteiger partial charge is 0.231 e. The van der Waals surface area contributed by atoms with Gasteiger partial charge < -0.3 is 19.5 Å². The minimum Gasteiger partial charge on any atom is -0.493 e. The third kappa shape index (κ3) is 3.81. The maximum atomic E-state index is 6.23. The average Bonchev–Trinajstić information content (AvgIpc) is 3.23. The van der Waals surface area contributed by atoms with Gasteiger partial charge in [-0.15, -0.1) is 0 Å². The molecular formula is C25H19N3O2S. The molecule has 0 aliphatic heterocycles. The van der Waals surface area contributed by atoms with Crippen molar-refractivity contribution in [3.8, 4) is 17.0 Å². The molecule has 0 bridgehead atoms. The van der Waals surface area contributed by atoms with E-state index in [4.69, 9.17) is 21.4 Å². The minimum atomic E-state index is 0.307. The van der Waals surface area contributed by atoms with Crippen LogP contribution in [-0.4, -0.2) is 17.2 Å². The Kier molecular flexibility index (Phi) is 4.98. The van der Waals surface area contributed by atoms with Crippen molar-refractivity contribution < 1.29 is 9.15 Å². The third-order valence-electron chi connectivity index (χ3n) is 5.01. The van der Waals surface area contributed by atoms with Crippen molar-refractivity contribution in [2.45, 2.75) is 0 Å². The summed E-state index contributed by atoms with van der Waals surface area (Å²) in [5, 5.41) is 5.46. The fourth-order valence-corrected chi connectivity index (χ4v) is 3.75. The summed E-state index contributed by atoms with van der Waals surface area (Å²) in [7, 11) is 1.62. The van der Waals surface area contributed by atoms with Crippen molar-refractivity contribution in [1.29, 1.82) is 0 Å². The monoisotopic (exact) mass is 425 g/mol. The molecule has 5 aromatic rings. The summed E-state index contributed by atoms with van der Waals surface area (Å²) < 4.78 is 11.7. The van der Waals surface area contributed by atoms with Gasteiger partial charge in [0.1, 0.15) is 0 Å². The highest BCUT2D eigenvalue weighted by molar-refractivity contribution is 7.80. The first-order valence-corrected chi connectivity index (χ1v) is 10.2. The van der Waals surface area contributed by atoms with Crippen LogP contribution in [0.2, 0.25) is 0 Å². The van der Waals surface area contributed by atoms with Crippen molar-refractivity contribution >= 4 is 44.9 Å². The molecule has 152 valence electrons. The molecule has 0 aliphatic rings. The molecule has 2 N–H and O–H groups in total. The number of aromatic amines is 1. The van der Waals surface area contributed by atoms with Gasteiger partial charge in [-0.25, -0.2) is 0 Å². The van der Waals surface area contributed by atoms with E-state index in [0.717, 1.165) is 33.2 Å². The van der Waals surface area contributed by atoms with Gasteiger partial charge in [-0.2, -0.15) is 4.99 Å². The number of H-pyrrole nitrogens is 1. The molecule has 0 atom stereocenters. The van der Waals surface area contributed by atoms with Gasteiger partial charge in [0, 0.05) is 22.0 Å². The van der Waals surface area contributed by atoms with Gasteiger partial charge in [0.15, 0.2) is 11.3 Å². The highest BCUT2D eigenvalue weighted by Gasteiger charge is 2.13. The molecule has 2 heterocycles. The maximum Gasteiger partial charge on any atom is 0.231 e. The van der Waals surface area contributed by atoms with Crippen LogP contribution in [0.5, 0.6) is 5.75 Å². The molecule has 0 amide bonds. The van der Waals surface area contributed by atoms with E-state index in [0.29, 0.717) is 22.0 Å². The van der Waals surface area contributed by atoms with Crippen molar-refractivity contribution in [2.24, 2.45) is 4.99 Å². The second-order valence-corrected chi connectivity index (χ2v) is 7.41. The predicted molar refractivity (Wildman–Crippen MR) is 128 cm³/mol. The fourth-order valence-electron chi connectivity index (χ4n) is 3.54. The van der Waals surface area contributed by atoms with Crippen LogP contribution in [0.15, 0.2) is 94.3 Å². The number of aromatic nitrogens is 1. The van der Waals surface area contributed by atoms with Crippen LogP contribution in [0, 0.1) is 0 Å². The molecule has 0 aliphatic carbocycles. The van der Waals surface area contributed by atoms with Gasteiger partial charge in [-0.1, -0.05) is 48.5 Å². The first-order chi connectivity index (χ1) is 15.2. The van der Waals surface area contributed by atoms with Crippen LogP contribution in [0.4, 0.5) is 5.69 Å². The average molecular weight is 426 g/mol. The van der Waals surface area contributed by atoms with E-state index in [9.17, 15) is 0 Å². The summed E-state index contributed by atoms with van der Waals surface area (Å²) in [6, 6.07) is 27.7. The van der Waals surface area contributed by atoms with E-state index in [2.05, 4.69) is 27.4 Å². The number of nitrogens with zero attached hydrogens (tertiary/aromatic N) is 1. The van der Waals surface area contributed by atoms with E-state index in [1.54, 1.807) is 7.11 Å². The first kappa shape index (κ1) is 19.1. The van der Waals surface area contributed by atoms with Crippen molar-refractivity contribution in [2.75, 3.05) is 12.4 Å². The zero-order chi connectivity index (χ0) is 21.2. The molecule has 5 nitrogen and oxygen atoms in total. The standard InChI is InChI=1S/C25H19N3O2S/c1-29-22-13-7-9-17-14-19(21-15-16-8-5-6-12-20(16)27-21)24(30-23(17)22)28-25(31)26-18-10-3-2-4-11-18/h2-15,27H,1H3,(H,26,31)/b28-24-. The highest BCUT2D eigenvalue weighted by atomic mass is 32.1. The zero-order valence-electron chi connectivity index (χ0n) is 16.8. The number of benzene rings is 3. The fraction of sp³-hybridized carbons (Fsp3) is 0.0400. The number of thiocarbonyl (C=S) groups is 1. The number of methoxy groups -OCH3 is 1. The molecule has 3 aromatic carbocycles. The largest absolute Gasteiger partial charge is 0.493 e. The number of nitrogens with one attached hydrogen (secondary N) is 2. The van der Waals surface area contributed by atoms with Crippen molar-refractivity contribution in [3.63, 3.8) is 0 Å². The Morgan fingerprint density at radius 1 is 0.935 bits per heavy atom. The quantitative estimate of drug-likeness (QED) is 0.354. The third-order valence-corrected chi connectivity index (χ3v) is 5.20. The Hall–Kier alpha value is -3.90. The molecule has 0 radical (unpaired) electrons. The van der Waals surface area contributed by atoms with E-state index in [1.807, 2.05) is 72.8 Å². The minimum absolute atomic E-state index is 0.307. The Morgan fingerprint density at radius 3 is 2.52 bits per heavy atom. The molecule has 0 unspecified atom stereocenters. The SMILES string of the molecule is COc1cccc2cc(-c3cc4ccccc4[nH]3)/c(=N/C(=S)Nc3ccccc3)oc12. The summed E-state index contributed by atoms with van der Waals surface area (Å²) >= 11 is 5.50. The lowest BCUT2D eigenvalue weighted by Gasteiger charge is -2.08. The van der Waals surface area contributed by atoms with Crippen molar-refractivity contribution in [3.05, 3.63) is 90.5 Å². The number of hydrogen-bond donors (Lipinski definition) is 2. The van der Waals surface area contributed by atoms with Crippen LogP contribution >= 0.6 is 12.2 Å². The summed E-state index contributed by atoms with van der Waals surface area (Å²) in [6.45, 7) is 0. The molecule has 0 saturated heterocycles. The van der Waals surface area contributed by atoms with Crippen LogP contribution in [-0.2, 0) is 0 Å². The topological polar surface area (TPSA) is 62.5 Å². The highest BCUT2D eigenvalue weighted by Crippen LogP contribution is 2.28. The van der Waals surface area contributed by atoms with E-state index in [-0.39, 0.29) is 0 Å². The molecule has 0 spiro atoms. The number of para-hydroxylation sites is 3. The first-order valence-electron chi connectivity index (χ1n) is 9.81. The number of anilines is 1. The molecule has 0 saturated carbocycles. The summed E-state index contributed by atoms with van der Waals surface area (Å²) in [5.41, 5.74) is 4.63. The molecule has 2 aromatic heterocycles. The molecule has 5 rings (SSSR count). The van der Waals surface area contributed by atoms with Gasteiger partial charge >= 0.3 is 0 Å². The second kappa shape index (κ2) is 8.08. The summed E-state index contributed by atoms with van der Waals surface area (Å²) in [5.74, 6) is 0.638. The predicted octanol–water partition coefficient (Wildman–Crippen LogP) is 5.89. The van der Waals surface area contributed by atoms with Gasteiger partial charge in [0.25, 0.3) is 0 Å². The number of ether oxygens (including phenoxy) is 1. The van der Waals surface area contributed by atoms with E-state index >= 15 is 0 Å². The summed E-state index contributed by atoms with van der Waals surface area (Å²) in [4.78, 5) is 8.06. The van der Waals surface area contributed by atoms with Crippen LogP contribution in [0.1, 0.15) is 0 Å². The Labute approximate surface area is 184 Å². The number of fused-ring (bicyclic) bond motifs is 2. The molecule has 6 heteroatoms. The summed E-state index contributed by atoms with van der Waals surface area (Å²) in [6.07, 6.45) is 0. The zero-order valence-corrected chi connectivity index (χ0v) is 17.6. The van der Waals surface area contributed by atoms with Crippen LogP contribution in [0.3, 0.4) is 0 Å². The molecular weight excluding hydrogens is 406 g/mol. The number of hydrogen-bond acceptors (Lipinski definition) is 3. The Morgan fingerprint density at radius 2 is 1.71 bits per heavy atom. The molecule has 0 fully saturated rings. The van der Waals surface area contributed by atoms with E-state index in [1.165, 1.54) is 0 Å². The Bertz CT molecular complexity index is 1440. The van der Waals surface area contributed by atoms with Crippen molar-refractivity contribution in [1.82, 2.24) is 4.98 Å². The second-order valence-electron chi connectivity index (χ2n) is 7.02. The normalized spacial score (nSPS) is 11.7. The van der Waals surface area contributed by atoms with Gasteiger partial charge in [0.2, 0.25) is 10.7 Å². The van der Waals surface area contributed by atoms with Crippen LogP contribution in [0.25, 0.3) is 33.1 Å². The Balaban J connectivity index is 1.70. The van der Waals surface area contributed by atoms with Crippen LogP contribution < -0.4 is 15.6 Å². The maximum absolute atomic E-state index is 6.23. The van der Waals surface area contributed by atoms with Gasteiger partial charge in [0.05, 0.1) is 18.4 Å². The van der Waals surface area contributed by atoms with Gasteiger partial charge in [-0.3, -0.25) is 0 Å². The van der Waals surface area contributed by atoms with Gasteiger partial charge in [-0.05, 0) is 48.6 Å². The lowest BCUT2D eigenvalue weighted by atomic mass is 10.1. The lowest BCUT2D eigenvalue weighted by Crippen LogP contribution is -2.14. The lowest BCUT2D eigenvalue weighted by molar-refractivity contribution is 0.406. The molecule has 31 heavy (non-hydrogen) atoms.